The molecule has 1 rings (SSSR count). The third kappa shape index (κ3) is 3.44. The number of halogens is 1. The van der Waals surface area contributed by atoms with Crippen LogP contribution < -0.4 is 5.32 Å². The van der Waals surface area contributed by atoms with Gasteiger partial charge in [-0.2, -0.15) is 0 Å². The maximum atomic E-state index is 11.9. The molecule has 1 aliphatic rings. The van der Waals surface area contributed by atoms with Crippen LogP contribution in [0, 0.1) is 0 Å². The molecule has 0 aromatic heterocycles. The summed E-state index contributed by atoms with van der Waals surface area (Å²) in [7, 11) is 1.37. The summed E-state index contributed by atoms with van der Waals surface area (Å²) in [5, 5.41) is 2.87. The van der Waals surface area contributed by atoms with Crippen LogP contribution in [-0.2, 0) is 14.3 Å². The van der Waals surface area contributed by atoms with Crippen LogP contribution in [0.3, 0.4) is 0 Å². The van der Waals surface area contributed by atoms with Gasteiger partial charge in [-0.3, -0.25) is 4.79 Å². The average molecular weight is 306 g/mol. The zero-order valence-electron chi connectivity index (χ0n) is 10.4. The SMILES string of the molecule is CCC(Br)C(=O)NC1(C(=O)OC)CCCCC1. The molecule has 4 nitrogen and oxygen atoms in total. The lowest BCUT2D eigenvalue weighted by Gasteiger charge is -2.35. The molecule has 1 fully saturated rings. The molecule has 0 aliphatic heterocycles. The second-order valence-electron chi connectivity index (χ2n) is 4.50. The highest BCUT2D eigenvalue weighted by molar-refractivity contribution is 9.10. The van der Waals surface area contributed by atoms with Crippen LogP contribution >= 0.6 is 15.9 Å². The minimum absolute atomic E-state index is 0.125. The number of methoxy groups -OCH3 is 1. The highest BCUT2D eigenvalue weighted by Gasteiger charge is 2.42. The molecule has 1 saturated carbocycles. The van der Waals surface area contributed by atoms with Crippen molar-refractivity contribution in [3.8, 4) is 0 Å². The number of hydrogen-bond donors (Lipinski definition) is 1. The first-order valence-electron chi connectivity index (χ1n) is 6.10. The van der Waals surface area contributed by atoms with Crippen molar-refractivity contribution >= 4 is 27.8 Å². The number of alkyl halides is 1. The Labute approximate surface area is 111 Å². The Bertz CT molecular complexity index is 287. The van der Waals surface area contributed by atoms with Crippen LogP contribution in [-0.4, -0.2) is 29.4 Å². The van der Waals surface area contributed by atoms with Crippen molar-refractivity contribution in [1.82, 2.24) is 5.32 Å². The van der Waals surface area contributed by atoms with E-state index < -0.39 is 5.54 Å². The van der Waals surface area contributed by atoms with E-state index in [1.165, 1.54) is 7.11 Å². The van der Waals surface area contributed by atoms with E-state index in [2.05, 4.69) is 21.2 Å². The van der Waals surface area contributed by atoms with Gasteiger partial charge in [0.2, 0.25) is 5.91 Å². The van der Waals surface area contributed by atoms with Gasteiger partial charge in [-0.15, -0.1) is 0 Å². The Kier molecular flexibility index (Phi) is 5.43. The van der Waals surface area contributed by atoms with Crippen molar-refractivity contribution in [2.75, 3.05) is 7.11 Å². The largest absolute Gasteiger partial charge is 0.467 e. The number of hydrogen-bond acceptors (Lipinski definition) is 3. The monoisotopic (exact) mass is 305 g/mol. The van der Waals surface area contributed by atoms with Crippen molar-refractivity contribution in [2.45, 2.75) is 55.8 Å². The third-order valence-electron chi connectivity index (χ3n) is 3.29. The zero-order chi connectivity index (χ0) is 12.9. The lowest BCUT2D eigenvalue weighted by atomic mass is 9.81. The number of carbonyl (C=O) groups is 2. The number of rotatable bonds is 4. The molecule has 5 heteroatoms. The third-order valence-corrected chi connectivity index (χ3v) is 4.35. The van der Waals surface area contributed by atoms with Crippen molar-refractivity contribution in [3.05, 3.63) is 0 Å². The van der Waals surface area contributed by atoms with Gasteiger partial charge in [-0.1, -0.05) is 42.1 Å². The van der Waals surface area contributed by atoms with Gasteiger partial charge >= 0.3 is 5.97 Å². The Morgan fingerprint density at radius 1 is 1.35 bits per heavy atom. The standard InChI is InChI=1S/C12H20BrNO3/c1-3-9(13)10(15)14-12(11(16)17-2)7-5-4-6-8-12/h9H,3-8H2,1-2H3,(H,14,15). The average Bonchev–Trinajstić information content (AvgIpc) is 2.37. The molecule has 1 N–H and O–H groups in total. The summed E-state index contributed by atoms with van der Waals surface area (Å²) >= 11 is 3.30. The molecule has 0 heterocycles. The molecule has 1 aliphatic carbocycles. The van der Waals surface area contributed by atoms with Crippen LogP contribution in [0.15, 0.2) is 0 Å². The second kappa shape index (κ2) is 6.38. The Balaban J connectivity index is 2.76. The van der Waals surface area contributed by atoms with Crippen LogP contribution in [0.2, 0.25) is 0 Å². The van der Waals surface area contributed by atoms with Crippen molar-refractivity contribution in [2.24, 2.45) is 0 Å². The molecular formula is C12H20BrNO3. The molecule has 98 valence electrons. The molecule has 1 unspecified atom stereocenters. The first-order chi connectivity index (χ1) is 8.05. The van der Waals surface area contributed by atoms with E-state index in [0.717, 1.165) is 19.3 Å². The highest BCUT2D eigenvalue weighted by Crippen LogP contribution is 2.29. The fourth-order valence-corrected chi connectivity index (χ4v) is 2.34. The smallest absolute Gasteiger partial charge is 0.331 e. The van der Waals surface area contributed by atoms with Crippen molar-refractivity contribution in [3.63, 3.8) is 0 Å². The Morgan fingerprint density at radius 3 is 2.41 bits per heavy atom. The molecule has 0 bridgehead atoms. The van der Waals surface area contributed by atoms with Crippen LogP contribution in [0.25, 0.3) is 0 Å². The molecule has 17 heavy (non-hydrogen) atoms. The number of nitrogens with one attached hydrogen (secondary N) is 1. The topological polar surface area (TPSA) is 55.4 Å². The summed E-state index contributed by atoms with van der Waals surface area (Å²) in [6, 6.07) is 0. The molecular weight excluding hydrogens is 286 g/mol. The van der Waals surface area contributed by atoms with E-state index >= 15 is 0 Å². The van der Waals surface area contributed by atoms with Gasteiger partial charge in [0.15, 0.2) is 0 Å². The lowest BCUT2D eigenvalue weighted by molar-refractivity contribution is -0.152. The molecule has 1 amide bonds. The summed E-state index contributed by atoms with van der Waals surface area (Å²) < 4.78 is 4.84. The quantitative estimate of drug-likeness (QED) is 0.639. The maximum absolute atomic E-state index is 11.9. The number of amides is 1. The second-order valence-corrected chi connectivity index (χ2v) is 5.60. The van der Waals surface area contributed by atoms with E-state index in [0.29, 0.717) is 19.3 Å². The minimum atomic E-state index is -0.800. The van der Waals surface area contributed by atoms with Crippen LogP contribution in [0.4, 0.5) is 0 Å². The van der Waals surface area contributed by atoms with Crippen LogP contribution in [0.5, 0.6) is 0 Å². The van der Waals surface area contributed by atoms with Gasteiger partial charge in [0.25, 0.3) is 0 Å². The molecule has 0 aromatic carbocycles. The lowest BCUT2D eigenvalue weighted by Crippen LogP contribution is -2.57. The normalized spacial score (nSPS) is 20.4. The zero-order valence-corrected chi connectivity index (χ0v) is 12.0. The molecule has 0 spiro atoms. The van der Waals surface area contributed by atoms with E-state index in [4.69, 9.17) is 4.74 Å². The fourth-order valence-electron chi connectivity index (χ4n) is 2.23. The molecule has 0 radical (unpaired) electrons. The first kappa shape index (κ1) is 14.5. The van der Waals surface area contributed by atoms with E-state index in [1.807, 2.05) is 6.92 Å². The number of carbonyl (C=O) groups excluding carboxylic acids is 2. The Hall–Kier alpha value is -0.580. The van der Waals surface area contributed by atoms with Gasteiger partial charge in [0.05, 0.1) is 11.9 Å². The molecule has 0 saturated heterocycles. The van der Waals surface area contributed by atoms with Gasteiger partial charge in [-0.25, -0.2) is 4.79 Å². The minimum Gasteiger partial charge on any atom is -0.467 e. The van der Waals surface area contributed by atoms with Crippen molar-refractivity contribution in [1.29, 1.82) is 0 Å². The Morgan fingerprint density at radius 2 is 1.94 bits per heavy atom. The summed E-state index contributed by atoms with van der Waals surface area (Å²) in [5.41, 5.74) is -0.800. The molecule has 0 aromatic rings. The predicted octanol–water partition coefficient (Wildman–Crippen LogP) is 2.15. The van der Waals surface area contributed by atoms with Gasteiger partial charge in [0, 0.05) is 0 Å². The first-order valence-corrected chi connectivity index (χ1v) is 7.02. The number of ether oxygens (including phenoxy) is 1. The van der Waals surface area contributed by atoms with E-state index in [-0.39, 0.29) is 16.7 Å². The van der Waals surface area contributed by atoms with Gasteiger partial charge < -0.3 is 10.1 Å². The predicted molar refractivity (Wildman–Crippen MR) is 69.0 cm³/mol. The number of esters is 1. The highest BCUT2D eigenvalue weighted by atomic mass is 79.9. The maximum Gasteiger partial charge on any atom is 0.331 e. The van der Waals surface area contributed by atoms with Crippen LogP contribution in [0.1, 0.15) is 45.4 Å². The van der Waals surface area contributed by atoms with Gasteiger partial charge in [-0.05, 0) is 19.3 Å². The molecule has 1 atom stereocenters. The van der Waals surface area contributed by atoms with E-state index in [9.17, 15) is 9.59 Å². The fraction of sp³-hybridized carbons (Fsp3) is 0.833. The summed E-state index contributed by atoms with van der Waals surface area (Å²) in [5.74, 6) is -0.443. The summed E-state index contributed by atoms with van der Waals surface area (Å²) in [6.45, 7) is 1.92. The van der Waals surface area contributed by atoms with E-state index in [1.54, 1.807) is 0 Å². The van der Waals surface area contributed by atoms with Gasteiger partial charge in [0.1, 0.15) is 5.54 Å². The summed E-state index contributed by atoms with van der Waals surface area (Å²) in [6.07, 6.45) is 5.07. The summed E-state index contributed by atoms with van der Waals surface area (Å²) in [4.78, 5) is 23.5. The van der Waals surface area contributed by atoms with Crippen molar-refractivity contribution < 1.29 is 14.3 Å².